The lowest BCUT2D eigenvalue weighted by molar-refractivity contribution is -0.128. The van der Waals surface area contributed by atoms with Gasteiger partial charge in [0.15, 0.2) is 0 Å². The van der Waals surface area contributed by atoms with E-state index in [1.165, 1.54) is 0 Å². The first kappa shape index (κ1) is 13.9. The van der Waals surface area contributed by atoms with Crippen LogP contribution in [0.1, 0.15) is 30.7 Å². The predicted octanol–water partition coefficient (Wildman–Crippen LogP) is 1.92. The molecule has 1 aromatic carbocycles. The molecule has 2 amide bonds. The van der Waals surface area contributed by atoms with Gasteiger partial charge in [-0.25, -0.2) is 0 Å². The van der Waals surface area contributed by atoms with Crippen molar-refractivity contribution in [2.24, 2.45) is 5.73 Å². The van der Waals surface area contributed by atoms with E-state index in [-0.39, 0.29) is 17.7 Å². The van der Waals surface area contributed by atoms with Crippen molar-refractivity contribution in [2.45, 2.75) is 25.2 Å². The summed E-state index contributed by atoms with van der Waals surface area (Å²) in [6.07, 6.45) is 1.46. The fourth-order valence-electron chi connectivity index (χ4n) is 2.42. The number of halogens is 1. The molecular weight excluding hydrogens is 264 g/mol. The molecule has 0 spiro atoms. The van der Waals surface area contributed by atoms with Gasteiger partial charge >= 0.3 is 0 Å². The maximum atomic E-state index is 11.9. The molecule has 4 nitrogen and oxygen atoms in total. The van der Waals surface area contributed by atoms with E-state index in [0.29, 0.717) is 37.4 Å². The summed E-state index contributed by atoms with van der Waals surface area (Å²) in [7, 11) is 0. The number of hydrogen-bond acceptors (Lipinski definition) is 2. The van der Waals surface area contributed by atoms with Crippen LogP contribution in [0.5, 0.6) is 0 Å². The van der Waals surface area contributed by atoms with Crippen LogP contribution in [-0.2, 0) is 9.59 Å². The summed E-state index contributed by atoms with van der Waals surface area (Å²) >= 11 is 5.96. The molecule has 5 heteroatoms. The van der Waals surface area contributed by atoms with Gasteiger partial charge in [-0.1, -0.05) is 23.7 Å². The highest BCUT2D eigenvalue weighted by molar-refractivity contribution is 6.30. The number of amides is 2. The van der Waals surface area contributed by atoms with E-state index >= 15 is 0 Å². The Morgan fingerprint density at radius 3 is 2.95 bits per heavy atom. The highest BCUT2D eigenvalue weighted by Gasteiger charge is 2.30. The number of benzene rings is 1. The van der Waals surface area contributed by atoms with Crippen LogP contribution in [0.3, 0.4) is 0 Å². The van der Waals surface area contributed by atoms with Gasteiger partial charge in [0, 0.05) is 36.9 Å². The molecule has 1 aliphatic rings. The molecule has 1 fully saturated rings. The first-order valence-electron chi connectivity index (χ1n) is 6.38. The first-order chi connectivity index (χ1) is 9.06. The fraction of sp³-hybridized carbons (Fsp3) is 0.429. The third-order valence-corrected chi connectivity index (χ3v) is 3.62. The third-order valence-electron chi connectivity index (χ3n) is 3.39. The molecule has 0 bridgehead atoms. The first-order valence-corrected chi connectivity index (χ1v) is 6.75. The molecule has 0 radical (unpaired) electrons. The van der Waals surface area contributed by atoms with Crippen LogP contribution in [0.15, 0.2) is 24.3 Å². The van der Waals surface area contributed by atoms with Crippen LogP contribution in [-0.4, -0.2) is 29.8 Å². The van der Waals surface area contributed by atoms with Gasteiger partial charge < -0.3 is 10.6 Å². The van der Waals surface area contributed by atoms with Crippen molar-refractivity contribution in [3.63, 3.8) is 0 Å². The van der Waals surface area contributed by atoms with E-state index in [9.17, 15) is 9.59 Å². The average molecular weight is 281 g/mol. The van der Waals surface area contributed by atoms with Gasteiger partial charge in [-0.2, -0.15) is 0 Å². The van der Waals surface area contributed by atoms with E-state index in [1.54, 1.807) is 4.90 Å². The fourth-order valence-corrected chi connectivity index (χ4v) is 2.61. The monoisotopic (exact) mass is 280 g/mol. The Kier molecular flexibility index (Phi) is 4.43. The molecule has 1 saturated heterocycles. The van der Waals surface area contributed by atoms with Crippen LogP contribution >= 0.6 is 11.6 Å². The van der Waals surface area contributed by atoms with Crippen molar-refractivity contribution < 1.29 is 9.59 Å². The highest BCUT2D eigenvalue weighted by atomic mass is 35.5. The molecular formula is C14H17ClN2O2. The van der Waals surface area contributed by atoms with Gasteiger partial charge in [-0.3, -0.25) is 9.59 Å². The van der Waals surface area contributed by atoms with Crippen molar-refractivity contribution in [1.29, 1.82) is 0 Å². The molecule has 2 rings (SSSR count). The third kappa shape index (κ3) is 3.70. The summed E-state index contributed by atoms with van der Waals surface area (Å²) in [5.41, 5.74) is 6.19. The second kappa shape index (κ2) is 6.06. The van der Waals surface area contributed by atoms with Gasteiger partial charge in [0.05, 0.1) is 0 Å². The Bertz CT molecular complexity index is 490. The maximum Gasteiger partial charge on any atom is 0.223 e. The number of hydrogen-bond donors (Lipinski definition) is 1. The van der Waals surface area contributed by atoms with E-state index in [1.807, 2.05) is 24.3 Å². The van der Waals surface area contributed by atoms with Gasteiger partial charge in [-0.05, 0) is 24.1 Å². The number of likely N-dealkylation sites (tertiary alicyclic amines) is 1. The predicted molar refractivity (Wildman–Crippen MR) is 73.8 cm³/mol. The molecule has 0 aromatic heterocycles. The zero-order valence-corrected chi connectivity index (χ0v) is 11.4. The summed E-state index contributed by atoms with van der Waals surface area (Å²) in [5, 5.41) is 0.692. The summed E-state index contributed by atoms with van der Waals surface area (Å²) < 4.78 is 0. The minimum absolute atomic E-state index is 0.134. The maximum absolute atomic E-state index is 11.9. The number of rotatable bonds is 5. The quantitative estimate of drug-likeness (QED) is 0.896. The van der Waals surface area contributed by atoms with Crippen LogP contribution < -0.4 is 5.73 Å². The largest absolute Gasteiger partial charge is 0.370 e. The number of carbonyl (C=O) groups is 2. The number of nitrogens with zero attached hydrogens (tertiary/aromatic N) is 1. The van der Waals surface area contributed by atoms with E-state index in [2.05, 4.69) is 0 Å². The van der Waals surface area contributed by atoms with Crippen molar-refractivity contribution >= 4 is 23.4 Å². The number of primary amides is 1. The van der Waals surface area contributed by atoms with Crippen LogP contribution in [0.4, 0.5) is 0 Å². The standard InChI is InChI=1S/C14H17ClN2O2/c15-12-4-1-3-10(7-12)11-8-14(19)17(9-11)6-2-5-13(16)18/h1,3-4,7,11H,2,5-6,8-9H2,(H2,16,18). The number of nitrogens with two attached hydrogens (primary N) is 1. The average Bonchev–Trinajstić information content (AvgIpc) is 2.71. The van der Waals surface area contributed by atoms with Gasteiger partial charge in [0.2, 0.25) is 11.8 Å². The van der Waals surface area contributed by atoms with Crippen molar-refractivity contribution in [3.05, 3.63) is 34.9 Å². The lowest BCUT2D eigenvalue weighted by Gasteiger charge is -2.16. The lowest BCUT2D eigenvalue weighted by Crippen LogP contribution is -2.27. The summed E-state index contributed by atoms with van der Waals surface area (Å²) in [5.74, 6) is 0.00672. The van der Waals surface area contributed by atoms with Crippen LogP contribution in [0.2, 0.25) is 5.02 Å². The summed E-state index contributed by atoms with van der Waals surface area (Å²) in [6, 6.07) is 7.63. The second-order valence-corrected chi connectivity index (χ2v) is 5.30. The molecule has 19 heavy (non-hydrogen) atoms. The Labute approximate surface area is 117 Å². The van der Waals surface area contributed by atoms with Gasteiger partial charge in [-0.15, -0.1) is 0 Å². The molecule has 1 unspecified atom stereocenters. The van der Waals surface area contributed by atoms with Crippen LogP contribution in [0, 0.1) is 0 Å². The molecule has 102 valence electrons. The van der Waals surface area contributed by atoms with Gasteiger partial charge in [0.25, 0.3) is 0 Å². The van der Waals surface area contributed by atoms with E-state index < -0.39 is 0 Å². The molecule has 2 N–H and O–H groups in total. The van der Waals surface area contributed by atoms with Crippen molar-refractivity contribution in [1.82, 2.24) is 4.90 Å². The molecule has 1 heterocycles. The van der Waals surface area contributed by atoms with Crippen molar-refractivity contribution in [3.8, 4) is 0 Å². The Balaban J connectivity index is 1.93. The minimum atomic E-state index is -0.321. The second-order valence-electron chi connectivity index (χ2n) is 4.87. The van der Waals surface area contributed by atoms with Crippen molar-refractivity contribution in [2.75, 3.05) is 13.1 Å². The van der Waals surface area contributed by atoms with Gasteiger partial charge in [0.1, 0.15) is 0 Å². The van der Waals surface area contributed by atoms with E-state index in [0.717, 1.165) is 5.56 Å². The molecule has 1 aromatic rings. The van der Waals surface area contributed by atoms with Crippen LogP contribution in [0.25, 0.3) is 0 Å². The molecule has 0 saturated carbocycles. The SMILES string of the molecule is NC(=O)CCCN1CC(c2cccc(Cl)c2)CC1=O. The lowest BCUT2D eigenvalue weighted by atomic mass is 9.98. The minimum Gasteiger partial charge on any atom is -0.370 e. The summed E-state index contributed by atoms with van der Waals surface area (Å²) in [4.78, 5) is 24.4. The topological polar surface area (TPSA) is 63.4 Å². The summed E-state index contributed by atoms with van der Waals surface area (Å²) in [6.45, 7) is 1.29. The molecule has 1 atom stereocenters. The molecule has 1 aliphatic heterocycles. The Hall–Kier alpha value is -1.55. The zero-order valence-electron chi connectivity index (χ0n) is 10.6. The smallest absolute Gasteiger partial charge is 0.223 e. The Morgan fingerprint density at radius 2 is 2.26 bits per heavy atom. The zero-order chi connectivity index (χ0) is 13.8. The highest BCUT2D eigenvalue weighted by Crippen LogP contribution is 2.29. The van der Waals surface area contributed by atoms with E-state index in [4.69, 9.17) is 17.3 Å². The normalized spacial score (nSPS) is 18.9. The molecule has 0 aliphatic carbocycles. The number of carbonyl (C=O) groups excluding carboxylic acids is 2. The Morgan fingerprint density at radius 1 is 1.47 bits per heavy atom.